The van der Waals surface area contributed by atoms with E-state index in [1.54, 1.807) is 13.2 Å². The minimum Gasteiger partial charge on any atom is -0.498 e. The number of allylic oxidation sites excluding steroid dienone is 2. The van der Waals surface area contributed by atoms with E-state index in [2.05, 4.69) is 0 Å². The molecule has 1 aromatic carbocycles. The van der Waals surface area contributed by atoms with Crippen LogP contribution in [0.25, 0.3) is 0 Å². The highest BCUT2D eigenvalue weighted by Crippen LogP contribution is 2.32. The predicted octanol–water partition coefficient (Wildman–Crippen LogP) is 3.05. The summed E-state index contributed by atoms with van der Waals surface area (Å²) in [7, 11) is 1.63. The lowest BCUT2D eigenvalue weighted by molar-refractivity contribution is -0.115. The molecular weight excluding hydrogens is 296 g/mol. The highest BCUT2D eigenvalue weighted by Gasteiger charge is 2.23. The molecule has 0 bridgehead atoms. The van der Waals surface area contributed by atoms with Gasteiger partial charge in [0.25, 0.3) is 0 Å². The Morgan fingerprint density at radius 1 is 1.09 bits per heavy atom. The minimum absolute atomic E-state index is 0.122. The third-order valence-corrected chi connectivity index (χ3v) is 3.64. The number of hydrogen-bond donors (Lipinski definition) is 0. The second-order valence-corrected chi connectivity index (χ2v) is 5.35. The largest absolute Gasteiger partial charge is 0.498 e. The van der Waals surface area contributed by atoms with Crippen molar-refractivity contribution in [2.24, 2.45) is 0 Å². The molecule has 1 aromatic rings. The Bertz CT molecular complexity index is 521. The first kappa shape index (κ1) is 17.5. The van der Waals surface area contributed by atoms with Crippen molar-refractivity contribution in [3.8, 4) is 5.75 Å². The summed E-state index contributed by atoms with van der Waals surface area (Å²) >= 11 is 0. The lowest BCUT2D eigenvalue weighted by atomic mass is 9.86. The van der Waals surface area contributed by atoms with Crippen LogP contribution in [0.15, 0.2) is 36.1 Å². The van der Waals surface area contributed by atoms with Gasteiger partial charge in [-0.05, 0) is 30.5 Å². The van der Waals surface area contributed by atoms with E-state index in [4.69, 9.17) is 18.9 Å². The molecule has 0 saturated heterocycles. The standard InChI is InChI=1S/C18H24O5/c1-3-22-18-11-15(10-16(19)12-18)14-4-6-17(7-5-14)23-13-21-9-8-20-2/h4-7,12,15H,3,8-11,13H2,1-2H3. The summed E-state index contributed by atoms with van der Waals surface area (Å²) in [6.45, 7) is 3.76. The monoisotopic (exact) mass is 320 g/mol. The van der Waals surface area contributed by atoms with Crippen molar-refractivity contribution in [3.63, 3.8) is 0 Å². The first-order valence-corrected chi connectivity index (χ1v) is 7.88. The van der Waals surface area contributed by atoms with Crippen molar-refractivity contribution >= 4 is 5.78 Å². The number of carbonyl (C=O) groups excluding carboxylic acids is 1. The van der Waals surface area contributed by atoms with Gasteiger partial charge in [-0.1, -0.05) is 12.1 Å². The quantitative estimate of drug-likeness (QED) is 0.517. The summed E-state index contributed by atoms with van der Waals surface area (Å²) in [6.07, 6.45) is 2.91. The van der Waals surface area contributed by atoms with Crippen molar-refractivity contribution < 1.29 is 23.7 Å². The summed E-state index contributed by atoms with van der Waals surface area (Å²) in [5.41, 5.74) is 1.12. The predicted molar refractivity (Wildman–Crippen MR) is 86.5 cm³/mol. The molecule has 0 heterocycles. The van der Waals surface area contributed by atoms with Crippen molar-refractivity contribution in [2.75, 3.05) is 33.7 Å². The maximum absolute atomic E-state index is 11.8. The van der Waals surface area contributed by atoms with Gasteiger partial charge in [0, 0.05) is 26.0 Å². The molecule has 0 aromatic heterocycles. The molecule has 0 amide bonds. The molecule has 2 rings (SSSR count). The van der Waals surface area contributed by atoms with Crippen LogP contribution in [0.1, 0.15) is 31.2 Å². The lowest BCUT2D eigenvalue weighted by Crippen LogP contribution is -2.14. The van der Waals surface area contributed by atoms with E-state index in [1.807, 2.05) is 31.2 Å². The van der Waals surface area contributed by atoms with E-state index in [0.29, 0.717) is 26.2 Å². The van der Waals surface area contributed by atoms with E-state index in [0.717, 1.165) is 23.5 Å². The molecule has 0 saturated carbocycles. The summed E-state index contributed by atoms with van der Waals surface area (Å²) in [4.78, 5) is 11.8. The van der Waals surface area contributed by atoms with E-state index in [-0.39, 0.29) is 18.5 Å². The average molecular weight is 320 g/mol. The number of carbonyl (C=O) groups is 1. The molecule has 1 aliphatic carbocycles. The van der Waals surface area contributed by atoms with Crippen LogP contribution in [0, 0.1) is 0 Å². The van der Waals surface area contributed by atoms with Crippen LogP contribution in [-0.2, 0) is 19.0 Å². The van der Waals surface area contributed by atoms with Gasteiger partial charge in [0.1, 0.15) is 11.5 Å². The summed E-state index contributed by atoms with van der Waals surface area (Å²) < 4.78 is 21.2. The molecule has 1 aliphatic rings. The molecule has 1 atom stereocenters. The van der Waals surface area contributed by atoms with E-state index in [9.17, 15) is 4.79 Å². The number of methoxy groups -OCH3 is 1. The Labute approximate surface area is 137 Å². The van der Waals surface area contributed by atoms with Crippen molar-refractivity contribution in [3.05, 3.63) is 41.7 Å². The number of rotatable bonds is 9. The normalized spacial score (nSPS) is 17.7. The first-order valence-electron chi connectivity index (χ1n) is 7.88. The Balaban J connectivity index is 1.87. The zero-order valence-corrected chi connectivity index (χ0v) is 13.7. The van der Waals surface area contributed by atoms with Crippen LogP contribution in [0.3, 0.4) is 0 Å². The molecule has 1 unspecified atom stereocenters. The molecule has 0 aliphatic heterocycles. The molecule has 0 spiro atoms. The van der Waals surface area contributed by atoms with Crippen LogP contribution >= 0.6 is 0 Å². The molecule has 0 radical (unpaired) electrons. The number of ether oxygens (including phenoxy) is 4. The van der Waals surface area contributed by atoms with Crippen LogP contribution in [0.5, 0.6) is 5.75 Å². The van der Waals surface area contributed by atoms with Gasteiger partial charge in [0.2, 0.25) is 0 Å². The maximum Gasteiger partial charge on any atom is 0.189 e. The van der Waals surface area contributed by atoms with Crippen molar-refractivity contribution in [1.82, 2.24) is 0 Å². The average Bonchev–Trinajstić information content (AvgIpc) is 2.55. The zero-order valence-electron chi connectivity index (χ0n) is 13.7. The van der Waals surface area contributed by atoms with Crippen molar-refractivity contribution in [1.29, 1.82) is 0 Å². The topological polar surface area (TPSA) is 54.0 Å². The van der Waals surface area contributed by atoms with E-state index in [1.165, 1.54) is 0 Å². The molecular formula is C18H24O5. The fourth-order valence-electron chi connectivity index (χ4n) is 2.52. The Morgan fingerprint density at radius 3 is 2.57 bits per heavy atom. The Morgan fingerprint density at radius 2 is 1.87 bits per heavy atom. The van der Waals surface area contributed by atoms with Gasteiger partial charge in [0.15, 0.2) is 12.6 Å². The summed E-state index contributed by atoms with van der Waals surface area (Å²) in [5, 5.41) is 0. The summed E-state index contributed by atoms with van der Waals surface area (Å²) in [6, 6.07) is 7.80. The smallest absolute Gasteiger partial charge is 0.189 e. The number of hydrogen-bond acceptors (Lipinski definition) is 5. The molecule has 0 fully saturated rings. The molecule has 5 heteroatoms. The maximum atomic E-state index is 11.8. The van der Waals surface area contributed by atoms with Gasteiger partial charge in [-0.15, -0.1) is 0 Å². The molecule has 126 valence electrons. The third-order valence-electron chi connectivity index (χ3n) is 3.64. The first-order chi connectivity index (χ1) is 11.2. The summed E-state index contributed by atoms with van der Waals surface area (Å²) in [5.74, 6) is 1.81. The Hall–Kier alpha value is -1.85. The van der Waals surface area contributed by atoms with E-state index >= 15 is 0 Å². The molecule has 23 heavy (non-hydrogen) atoms. The number of benzene rings is 1. The van der Waals surface area contributed by atoms with Gasteiger partial charge in [0.05, 0.1) is 19.8 Å². The lowest BCUT2D eigenvalue weighted by Gasteiger charge is -2.22. The number of ketones is 1. The van der Waals surface area contributed by atoms with Crippen LogP contribution in [0.4, 0.5) is 0 Å². The third kappa shape index (κ3) is 5.69. The highest BCUT2D eigenvalue weighted by molar-refractivity contribution is 5.91. The van der Waals surface area contributed by atoms with Crippen LogP contribution < -0.4 is 4.74 Å². The van der Waals surface area contributed by atoms with Crippen molar-refractivity contribution in [2.45, 2.75) is 25.7 Å². The molecule has 5 nitrogen and oxygen atoms in total. The highest BCUT2D eigenvalue weighted by atomic mass is 16.7. The molecule has 0 N–H and O–H groups in total. The Kier molecular flexibility index (Phi) is 7.10. The minimum atomic E-state index is 0.122. The fraction of sp³-hybridized carbons (Fsp3) is 0.500. The zero-order chi connectivity index (χ0) is 16.5. The van der Waals surface area contributed by atoms with Gasteiger partial charge in [-0.3, -0.25) is 4.79 Å². The van der Waals surface area contributed by atoms with Gasteiger partial charge >= 0.3 is 0 Å². The van der Waals surface area contributed by atoms with Crippen LogP contribution in [0.2, 0.25) is 0 Å². The fourth-order valence-corrected chi connectivity index (χ4v) is 2.52. The second kappa shape index (κ2) is 9.33. The van der Waals surface area contributed by atoms with E-state index < -0.39 is 0 Å². The second-order valence-electron chi connectivity index (χ2n) is 5.35. The SMILES string of the molecule is CCOC1=CC(=O)CC(c2ccc(OCOCCOC)cc2)C1. The van der Waals surface area contributed by atoms with Gasteiger partial charge in [-0.25, -0.2) is 0 Å². The van der Waals surface area contributed by atoms with Gasteiger partial charge in [-0.2, -0.15) is 0 Å². The van der Waals surface area contributed by atoms with Gasteiger partial charge < -0.3 is 18.9 Å². The van der Waals surface area contributed by atoms with Crippen LogP contribution in [-0.4, -0.2) is 39.5 Å².